The van der Waals surface area contributed by atoms with E-state index in [0.29, 0.717) is 12.0 Å². The van der Waals surface area contributed by atoms with Crippen LogP contribution in [0.15, 0.2) is 24.3 Å². The van der Waals surface area contributed by atoms with Gasteiger partial charge in [-0.2, -0.15) is 0 Å². The lowest BCUT2D eigenvalue weighted by atomic mass is 9.90. The summed E-state index contributed by atoms with van der Waals surface area (Å²) in [5.74, 6) is -0.266. The molecule has 1 fully saturated rings. The first-order valence-electron chi connectivity index (χ1n) is 6.13. The Balaban J connectivity index is 1.96. The summed E-state index contributed by atoms with van der Waals surface area (Å²) < 4.78 is 13.4. The molecule has 0 aliphatic heterocycles. The van der Waals surface area contributed by atoms with Crippen molar-refractivity contribution in [2.24, 2.45) is 5.73 Å². The topological polar surface area (TPSA) is 43.1 Å². The van der Waals surface area contributed by atoms with E-state index in [4.69, 9.17) is 5.73 Å². The van der Waals surface area contributed by atoms with Gasteiger partial charge in [-0.05, 0) is 24.5 Å². The summed E-state index contributed by atoms with van der Waals surface area (Å²) in [5, 5.41) is 0. The summed E-state index contributed by atoms with van der Waals surface area (Å²) in [7, 11) is 0. The van der Waals surface area contributed by atoms with Crippen molar-refractivity contribution in [2.75, 3.05) is 0 Å². The molecule has 17 heavy (non-hydrogen) atoms. The molecule has 2 N–H and O–H groups in total. The molecule has 1 aromatic carbocycles. The number of benzene rings is 1. The maximum absolute atomic E-state index is 13.4. The van der Waals surface area contributed by atoms with Gasteiger partial charge >= 0.3 is 0 Å². The van der Waals surface area contributed by atoms with E-state index in [1.807, 2.05) is 0 Å². The van der Waals surface area contributed by atoms with Gasteiger partial charge in [0.2, 0.25) is 0 Å². The van der Waals surface area contributed by atoms with E-state index in [9.17, 15) is 9.18 Å². The van der Waals surface area contributed by atoms with Gasteiger partial charge in [0.25, 0.3) is 0 Å². The molecule has 1 saturated carbocycles. The first-order chi connectivity index (χ1) is 8.09. The Morgan fingerprint density at radius 2 is 1.94 bits per heavy atom. The smallest absolute Gasteiger partial charge is 0.139 e. The van der Waals surface area contributed by atoms with Crippen LogP contribution in [0.25, 0.3) is 0 Å². The van der Waals surface area contributed by atoms with Crippen LogP contribution >= 0.6 is 0 Å². The summed E-state index contributed by atoms with van der Waals surface area (Å²) in [5.41, 5.74) is 6.28. The number of carbonyl (C=O) groups excluding carboxylic acids is 1. The van der Waals surface area contributed by atoms with Gasteiger partial charge in [-0.15, -0.1) is 0 Å². The zero-order valence-corrected chi connectivity index (χ0v) is 9.92. The van der Waals surface area contributed by atoms with E-state index in [2.05, 4.69) is 0 Å². The first kappa shape index (κ1) is 12.2. The quantitative estimate of drug-likeness (QED) is 0.871. The standard InChI is InChI=1S/C14H18FNO/c15-13-6-2-1-5-11(13)9-12(17)10-14(16)7-3-4-8-14/h1-2,5-6H,3-4,7-10,16H2. The molecule has 2 nitrogen and oxygen atoms in total. The van der Waals surface area contributed by atoms with Crippen LogP contribution < -0.4 is 5.73 Å². The fourth-order valence-electron chi connectivity index (χ4n) is 2.57. The van der Waals surface area contributed by atoms with Crippen molar-refractivity contribution in [3.8, 4) is 0 Å². The highest BCUT2D eigenvalue weighted by atomic mass is 19.1. The molecule has 0 saturated heterocycles. The number of Topliss-reactive ketones (excluding diaryl/α,β-unsaturated/α-hetero) is 1. The van der Waals surface area contributed by atoms with Crippen LogP contribution in [0, 0.1) is 5.82 Å². The molecule has 0 unspecified atom stereocenters. The number of ketones is 1. The predicted molar refractivity (Wildman–Crippen MR) is 65.1 cm³/mol. The van der Waals surface area contributed by atoms with Crippen molar-refractivity contribution in [2.45, 2.75) is 44.1 Å². The highest BCUT2D eigenvalue weighted by Crippen LogP contribution is 2.30. The van der Waals surface area contributed by atoms with Crippen molar-refractivity contribution >= 4 is 5.78 Å². The fraction of sp³-hybridized carbons (Fsp3) is 0.500. The molecule has 1 aliphatic carbocycles. The summed E-state index contributed by atoms with van der Waals surface area (Å²) >= 11 is 0. The third-order valence-electron chi connectivity index (χ3n) is 3.49. The van der Waals surface area contributed by atoms with E-state index >= 15 is 0 Å². The van der Waals surface area contributed by atoms with Gasteiger partial charge in [-0.3, -0.25) is 4.79 Å². The fourth-order valence-corrected chi connectivity index (χ4v) is 2.57. The molecule has 1 aromatic rings. The van der Waals surface area contributed by atoms with E-state index < -0.39 is 0 Å². The minimum atomic E-state index is -0.331. The van der Waals surface area contributed by atoms with Crippen molar-refractivity contribution in [1.29, 1.82) is 0 Å². The Hall–Kier alpha value is -1.22. The molecule has 0 atom stereocenters. The lowest BCUT2D eigenvalue weighted by Crippen LogP contribution is -2.39. The molecule has 0 spiro atoms. The number of hydrogen-bond acceptors (Lipinski definition) is 2. The Bertz CT molecular complexity index is 410. The summed E-state index contributed by atoms with van der Waals surface area (Å²) in [6, 6.07) is 6.42. The largest absolute Gasteiger partial charge is 0.325 e. The van der Waals surface area contributed by atoms with Gasteiger partial charge in [-0.25, -0.2) is 4.39 Å². The van der Waals surface area contributed by atoms with Gasteiger partial charge in [0.15, 0.2) is 0 Å². The third kappa shape index (κ3) is 3.13. The molecular formula is C14H18FNO. The second-order valence-corrected chi connectivity index (χ2v) is 5.05. The number of nitrogens with two attached hydrogens (primary N) is 1. The summed E-state index contributed by atoms with van der Waals surface area (Å²) in [4.78, 5) is 11.9. The molecular weight excluding hydrogens is 217 g/mol. The average molecular weight is 235 g/mol. The van der Waals surface area contributed by atoms with Crippen LogP contribution in [0.1, 0.15) is 37.7 Å². The summed E-state index contributed by atoms with van der Waals surface area (Å²) in [6.45, 7) is 0. The molecule has 92 valence electrons. The van der Waals surface area contributed by atoms with Crippen molar-refractivity contribution in [3.05, 3.63) is 35.6 Å². The van der Waals surface area contributed by atoms with Gasteiger partial charge in [0.1, 0.15) is 11.6 Å². The number of halogens is 1. The van der Waals surface area contributed by atoms with Crippen LogP contribution in [-0.4, -0.2) is 11.3 Å². The number of rotatable bonds is 4. The van der Waals surface area contributed by atoms with Crippen molar-refractivity contribution in [3.63, 3.8) is 0 Å². The van der Waals surface area contributed by atoms with Gasteiger partial charge in [0.05, 0.1) is 0 Å². The first-order valence-corrected chi connectivity index (χ1v) is 6.13. The van der Waals surface area contributed by atoms with Gasteiger partial charge in [-0.1, -0.05) is 31.0 Å². The Labute approximate surface area is 101 Å². The molecule has 0 bridgehead atoms. The van der Waals surface area contributed by atoms with Crippen molar-refractivity contribution in [1.82, 2.24) is 0 Å². The average Bonchev–Trinajstić information content (AvgIpc) is 2.68. The van der Waals surface area contributed by atoms with E-state index in [1.54, 1.807) is 18.2 Å². The SMILES string of the molecule is NC1(CC(=O)Cc2ccccc2F)CCCC1. The van der Waals surface area contributed by atoms with E-state index in [-0.39, 0.29) is 23.6 Å². The van der Waals surface area contributed by atoms with E-state index in [1.165, 1.54) is 6.07 Å². The van der Waals surface area contributed by atoms with Crippen LogP contribution in [0.4, 0.5) is 4.39 Å². The zero-order valence-electron chi connectivity index (χ0n) is 9.92. The second kappa shape index (κ2) is 4.96. The predicted octanol–water partition coefficient (Wildman–Crippen LogP) is 2.60. The van der Waals surface area contributed by atoms with Crippen LogP contribution in [0.3, 0.4) is 0 Å². The van der Waals surface area contributed by atoms with Crippen LogP contribution in [0.2, 0.25) is 0 Å². The number of hydrogen-bond donors (Lipinski definition) is 1. The maximum Gasteiger partial charge on any atom is 0.139 e. The number of carbonyl (C=O) groups is 1. The van der Waals surface area contributed by atoms with Gasteiger partial charge in [0, 0.05) is 18.4 Å². The molecule has 0 amide bonds. The Morgan fingerprint density at radius 1 is 1.29 bits per heavy atom. The lowest BCUT2D eigenvalue weighted by Gasteiger charge is -2.22. The molecule has 3 heteroatoms. The second-order valence-electron chi connectivity index (χ2n) is 5.05. The van der Waals surface area contributed by atoms with Crippen LogP contribution in [0.5, 0.6) is 0 Å². The molecule has 0 aromatic heterocycles. The normalized spacial score (nSPS) is 18.2. The molecule has 0 radical (unpaired) electrons. The highest BCUT2D eigenvalue weighted by Gasteiger charge is 2.31. The Morgan fingerprint density at radius 3 is 2.59 bits per heavy atom. The highest BCUT2D eigenvalue weighted by molar-refractivity contribution is 5.82. The minimum absolute atomic E-state index is 0.0412. The van der Waals surface area contributed by atoms with E-state index in [0.717, 1.165) is 25.7 Å². The minimum Gasteiger partial charge on any atom is -0.325 e. The maximum atomic E-state index is 13.4. The lowest BCUT2D eigenvalue weighted by molar-refractivity contribution is -0.119. The summed E-state index contributed by atoms with van der Waals surface area (Å²) in [6.07, 6.45) is 4.56. The zero-order chi connectivity index (χ0) is 12.3. The molecule has 2 rings (SSSR count). The molecule has 1 aliphatic rings. The Kier molecular flexibility index (Phi) is 3.57. The third-order valence-corrected chi connectivity index (χ3v) is 3.49. The van der Waals surface area contributed by atoms with Crippen LogP contribution in [-0.2, 0) is 11.2 Å². The van der Waals surface area contributed by atoms with Crippen molar-refractivity contribution < 1.29 is 9.18 Å². The van der Waals surface area contributed by atoms with Gasteiger partial charge < -0.3 is 5.73 Å². The monoisotopic (exact) mass is 235 g/mol. The molecule has 0 heterocycles.